The van der Waals surface area contributed by atoms with E-state index < -0.39 is 0 Å². The minimum atomic E-state index is 0. The average Bonchev–Trinajstić information content (AvgIpc) is 2.37. The first kappa shape index (κ1) is 12.3. The quantitative estimate of drug-likeness (QED) is 0.833. The molecule has 2 heterocycles. The van der Waals surface area contributed by atoms with Gasteiger partial charge in [0.2, 0.25) is 0 Å². The molecular weight excluding hydrogens is 238 g/mol. The lowest BCUT2D eigenvalue weighted by molar-refractivity contribution is 0.260. The highest BCUT2D eigenvalue weighted by Crippen LogP contribution is 2.40. The second kappa shape index (κ2) is 4.98. The van der Waals surface area contributed by atoms with Gasteiger partial charge in [-0.05, 0) is 24.6 Å². The minimum absolute atomic E-state index is 0. The zero-order chi connectivity index (χ0) is 11.0. The van der Waals surface area contributed by atoms with E-state index >= 15 is 0 Å². The van der Waals surface area contributed by atoms with Gasteiger partial charge in [0.1, 0.15) is 6.61 Å². The number of methoxy groups -OCH3 is 1. The third-order valence-corrected chi connectivity index (χ3v) is 3.18. The summed E-state index contributed by atoms with van der Waals surface area (Å²) in [6, 6.07) is 6.39. The Morgan fingerprint density at radius 1 is 1.41 bits per heavy atom. The molecule has 3 nitrogen and oxygen atoms in total. The zero-order valence-electron chi connectivity index (χ0n) is 9.73. The van der Waals surface area contributed by atoms with Crippen molar-refractivity contribution < 1.29 is 9.47 Å². The van der Waals surface area contributed by atoms with Crippen molar-refractivity contribution >= 4 is 18.0 Å². The predicted octanol–water partition coefficient (Wildman–Crippen LogP) is 2.25. The van der Waals surface area contributed by atoms with Crippen molar-refractivity contribution in [1.82, 2.24) is 5.32 Å². The lowest BCUT2D eigenvalue weighted by Gasteiger charge is -2.32. The average molecular weight is 254 g/mol. The van der Waals surface area contributed by atoms with Gasteiger partial charge in [0.25, 0.3) is 0 Å². The van der Waals surface area contributed by atoms with E-state index in [4.69, 9.17) is 9.47 Å². The van der Waals surface area contributed by atoms with Gasteiger partial charge in [-0.3, -0.25) is 0 Å². The molecule has 3 rings (SSSR count). The smallest absolute Gasteiger partial charge is 0.168 e. The Labute approximate surface area is 107 Å². The van der Waals surface area contributed by atoms with Crippen molar-refractivity contribution in [1.29, 1.82) is 0 Å². The molecule has 0 saturated heterocycles. The van der Waals surface area contributed by atoms with E-state index in [0.29, 0.717) is 12.6 Å². The highest BCUT2D eigenvalue weighted by atomic mass is 35.5. The van der Waals surface area contributed by atoms with Gasteiger partial charge in [0, 0.05) is 5.56 Å². The topological polar surface area (TPSA) is 30.5 Å². The van der Waals surface area contributed by atoms with Crippen molar-refractivity contribution in [2.75, 3.05) is 20.3 Å². The standard InChI is InChI=1S/C13H15NO2.ClH/c1-15-12-6-2-4-10-9-5-3-7-14-11(9)8-16-13(10)12;/h2,4-6,11,14H,3,7-8H2,1H3;1H. The fourth-order valence-electron chi connectivity index (χ4n) is 2.40. The summed E-state index contributed by atoms with van der Waals surface area (Å²) in [6.07, 6.45) is 3.39. The Kier molecular flexibility index (Phi) is 3.60. The number of halogens is 1. The molecule has 0 radical (unpaired) electrons. The summed E-state index contributed by atoms with van der Waals surface area (Å²) in [4.78, 5) is 0. The van der Waals surface area contributed by atoms with Crippen LogP contribution in [0.2, 0.25) is 0 Å². The molecule has 0 amide bonds. The van der Waals surface area contributed by atoms with E-state index in [9.17, 15) is 0 Å². The summed E-state index contributed by atoms with van der Waals surface area (Å²) in [7, 11) is 1.68. The molecule has 0 fully saturated rings. The Balaban J connectivity index is 0.00000108. The van der Waals surface area contributed by atoms with Crippen LogP contribution < -0.4 is 14.8 Å². The van der Waals surface area contributed by atoms with Gasteiger partial charge in [-0.15, -0.1) is 12.4 Å². The summed E-state index contributed by atoms with van der Waals surface area (Å²) >= 11 is 0. The third kappa shape index (κ3) is 2.01. The van der Waals surface area contributed by atoms with Crippen molar-refractivity contribution in [3.8, 4) is 11.5 Å². The Hall–Kier alpha value is -1.19. The summed E-state index contributed by atoms with van der Waals surface area (Å²) < 4.78 is 11.1. The largest absolute Gasteiger partial charge is 0.493 e. The third-order valence-electron chi connectivity index (χ3n) is 3.18. The second-order valence-corrected chi connectivity index (χ2v) is 4.10. The number of hydrogen-bond donors (Lipinski definition) is 1. The molecule has 0 aromatic heterocycles. The molecule has 2 aliphatic heterocycles. The molecule has 1 aromatic rings. The molecule has 0 aliphatic carbocycles. The van der Waals surface area contributed by atoms with E-state index in [1.807, 2.05) is 12.1 Å². The van der Waals surface area contributed by atoms with Gasteiger partial charge in [-0.2, -0.15) is 0 Å². The van der Waals surface area contributed by atoms with Gasteiger partial charge >= 0.3 is 0 Å². The zero-order valence-corrected chi connectivity index (χ0v) is 10.5. The molecule has 17 heavy (non-hydrogen) atoms. The van der Waals surface area contributed by atoms with Gasteiger partial charge in [0.15, 0.2) is 11.5 Å². The lowest BCUT2D eigenvalue weighted by Crippen LogP contribution is -2.41. The van der Waals surface area contributed by atoms with Crippen molar-refractivity contribution in [3.05, 3.63) is 29.8 Å². The van der Waals surface area contributed by atoms with Crippen LogP contribution in [0.3, 0.4) is 0 Å². The van der Waals surface area contributed by atoms with Crippen LogP contribution in [0.15, 0.2) is 24.3 Å². The summed E-state index contributed by atoms with van der Waals surface area (Å²) in [5, 5.41) is 3.47. The Morgan fingerprint density at radius 2 is 2.29 bits per heavy atom. The molecule has 0 bridgehead atoms. The fourth-order valence-corrected chi connectivity index (χ4v) is 2.40. The van der Waals surface area contributed by atoms with Crippen LogP contribution in [0.25, 0.3) is 5.57 Å². The number of para-hydroxylation sites is 1. The molecule has 92 valence electrons. The van der Waals surface area contributed by atoms with E-state index in [2.05, 4.69) is 17.5 Å². The van der Waals surface area contributed by atoms with Gasteiger partial charge in [0.05, 0.1) is 13.2 Å². The molecule has 4 heteroatoms. The van der Waals surface area contributed by atoms with Crippen LogP contribution >= 0.6 is 12.4 Å². The van der Waals surface area contributed by atoms with Crippen molar-refractivity contribution in [2.24, 2.45) is 0 Å². The number of rotatable bonds is 1. The lowest BCUT2D eigenvalue weighted by atomic mass is 9.92. The maximum Gasteiger partial charge on any atom is 0.168 e. The first-order chi connectivity index (χ1) is 7.90. The number of ether oxygens (including phenoxy) is 2. The SMILES string of the molecule is COc1cccc2c1OCC1NCCC=C21.Cl. The molecule has 1 unspecified atom stereocenters. The second-order valence-electron chi connectivity index (χ2n) is 4.10. The maximum absolute atomic E-state index is 5.79. The predicted molar refractivity (Wildman–Crippen MR) is 70.1 cm³/mol. The molecular formula is C13H16ClNO2. The van der Waals surface area contributed by atoms with Gasteiger partial charge in [-0.1, -0.05) is 18.2 Å². The minimum Gasteiger partial charge on any atom is -0.493 e. The molecule has 2 aliphatic rings. The van der Waals surface area contributed by atoms with E-state index in [-0.39, 0.29) is 12.4 Å². The van der Waals surface area contributed by atoms with Crippen LogP contribution in [0.1, 0.15) is 12.0 Å². The maximum atomic E-state index is 5.79. The molecule has 0 saturated carbocycles. The van der Waals surface area contributed by atoms with E-state index in [1.165, 1.54) is 11.1 Å². The highest BCUT2D eigenvalue weighted by molar-refractivity contribution is 5.85. The van der Waals surface area contributed by atoms with E-state index in [1.54, 1.807) is 7.11 Å². The number of hydrogen-bond acceptors (Lipinski definition) is 3. The fraction of sp³-hybridized carbons (Fsp3) is 0.385. The van der Waals surface area contributed by atoms with E-state index in [0.717, 1.165) is 24.5 Å². The highest BCUT2D eigenvalue weighted by Gasteiger charge is 2.28. The number of benzene rings is 1. The van der Waals surface area contributed by atoms with Crippen LogP contribution in [-0.2, 0) is 0 Å². The Morgan fingerprint density at radius 3 is 3.12 bits per heavy atom. The van der Waals surface area contributed by atoms with Gasteiger partial charge < -0.3 is 14.8 Å². The molecule has 1 N–H and O–H groups in total. The summed E-state index contributed by atoms with van der Waals surface area (Å²) in [5.41, 5.74) is 2.52. The molecule has 0 spiro atoms. The first-order valence-corrected chi connectivity index (χ1v) is 5.64. The summed E-state index contributed by atoms with van der Waals surface area (Å²) in [6.45, 7) is 1.73. The normalized spacial score (nSPS) is 21.2. The Bertz CT molecular complexity index is 445. The monoisotopic (exact) mass is 253 g/mol. The summed E-state index contributed by atoms with van der Waals surface area (Å²) in [5.74, 6) is 1.71. The van der Waals surface area contributed by atoms with Gasteiger partial charge in [-0.25, -0.2) is 0 Å². The number of fused-ring (bicyclic) bond motifs is 3. The van der Waals surface area contributed by atoms with Crippen LogP contribution in [0.5, 0.6) is 11.5 Å². The first-order valence-electron chi connectivity index (χ1n) is 5.64. The van der Waals surface area contributed by atoms with Crippen molar-refractivity contribution in [2.45, 2.75) is 12.5 Å². The van der Waals surface area contributed by atoms with Crippen molar-refractivity contribution in [3.63, 3.8) is 0 Å². The molecule has 1 atom stereocenters. The van der Waals surface area contributed by atoms with Crippen LogP contribution in [0.4, 0.5) is 0 Å². The molecule has 1 aromatic carbocycles. The van der Waals surface area contributed by atoms with Crippen LogP contribution in [-0.4, -0.2) is 26.3 Å². The van der Waals surface area contributed by atoms with Crippen LogP contribution in [0, 0.1) is 0 Å². The number of nitrogens with one attached hydrogen (secondary N) is 1.